The van der Waals surface area contributed by atoms with Crippen molar-refractivity contribution in [3.63, 3.8) is 0 Å². The van der Waals surface area contributed by atoms with Crippen LogP contribution in [0, 0.1) is 5.82 Å². The SMILES string of the molecule is COc1ccc(S(=O)(=O)N(CC(=O)Nc2ccc(F)c(C(F)(F)F)c2)C2CCCCC2)cc1OC. The van der Waals surface area contributed by atoms with E-state index < -0.39 is 46.1 Å². The van der Waals surface area contributed by atoms with Gasteiger partial charge in [0.25, 0.3) is 0 Å². The molecule has 1 aliphatic rings. The van der Waals surface area contributed by atoms with Crippen molar-refractivity contribution in [2.24, 2.45) is 0 Å². The van der Waals surface area contributed by atoms with Crippen LogP contribution in [0.15, 0.2) is 41.3 Å². The highest BCUT2D eigenvalue weighted by atomic mass is 32.2. The largest absolute Gasteiger partial charge is 0.493 e. The van der Waals surface area contributed by atoms with E-state index in [2.05, 4.69) is 5.32 Å². The molecule has 0 atom stereocenters. The molecule has 0 heterocycles. The average Bonchev–Trinajstić information content (AvgIpc) is 2.83. The zero-order chi connectivity index (χ0) is 25.8. The smallest absolute Gasteiger partial charge is 0.419 e. The van der Waals surface area contributed by atoms with E-state index in [4.69, 9.17) is 9.47 Å². The summed E-state index contributed by atoms with van der Waals surface area (Å²) in [6.07, 6.45) is -1.39. The van der Waals surface area contributed by atoms with Gasteiger partial charge in [-0.15, -0.1) is 0 Å². The summed E-state index contributed by atoms with van der Waals surface area (Å²) in [6, 6.07) is 5.64. The lowest BCUT2D eigenvalue weighted by molar-refractivity contribution is -0.140. The number of anilines is 1. The molecule has 1 fully saturated rings. The van der Waals surface area contributed by atoms with Crippen molar-refractivity contribution in [1.29, 1.82) is 0 Å². The summed E-state index contributed by atoms with van der Waals surface area (Å²) in [6.45, 7) is -0.625. The molecule has 0 aromatic heterocycles. The Labute approximate surface area is 201 Å². The maximum atomic E-state index is 13.6. The molecular weight excluding hydrogens is 492 g/mol. The third-order valence-electron chi connectivity index (χ3n) is 5.80. The number of carbonyl (C=O) groups is 1. The highest BCUT2D eigenvalue weighted by molar-refractivity contribution is 7.89. The molecule has 1 aliphatic carbocycles. The Bertz CT molecular complexity index is 1160. The predicted octanol–water partition coefficient (Wildman–Crippen LogP) is 4.82. The predicted molar refractivity (Wildman–Crippen MR) is 120 cm³/mol. The maximum absolute atomic E-state index is 13.6. The number of nitrogens with one attached hydrogen (secondary N) is 1. The number of hydrogen-bond donors (Lipinski definition) is 1. The first-order chi connectivity index (χ1) is 16.5. The monoisotopic (exact) mass is 518 g/mol. The van der Waals surface area contributed by atoms with Crippen LogP contribution in [0.5, 0.6) is 11.5 Å². The van der Waals surface area contributed by atoms with Crippen molar-refractivity contribution < 1.29 is 40.2 Å². The normalized spacial score (nSPS) is 15.2. The number of alkyl halides is 3. The van der Waals surface area contributed by atoms with Gasteiger partial charge in [-0.3, -0.25) is 4.79 Å². The molecule has 0 bridgehead atoms. The first-order valence-corrected chi connectivity index (χ1v) is 12.3. The third-order valence-corrected chi connectivity index (χ3v) is 7.69. The summed E-state index contributed by atoms with van der Waals surface area (Å²) in [4.78, 5) is 12.7. The second kappa shape index (κ2) is 10.8. The molecule has 1 N–H and O–H groups in total. The molecule has 0 saturated heterocycles. The summed E-state index contributed by atoms with van der Waals surface area (Å²) in [5.74, 6) is -1.81. The van der Waals surface area contributed by atoms with Gasteiger partial charge in [-0.05, 0) is 43.2 Å². The Balaban J connectivity index is 1.90. The third kappa shape index (κ3) is 6.23. The highest BCUT2D eigenvalue weighted by Gasteiger charge is 2.36. The van der Waals surface area contributed by atoms with E-state index in [1.807, 2.05) is 0 Å². The molecule has 0 radical (unpaired) electrons. The number of benzene rings is 2. The fraction of sp³-hybridized carbons (Fsp3) is 0.435. The zero-order valence-electron chi connectivity index (χ0n) is 19.2. The molecule has 192 valence electrons. The number of carbonyl (C=O) groups excluding carboxylic acids is 1. The van der Waals surface area contributed by atoms with Gasteiger partial charge in [0.1, 0.15) is 5.82 Å². The van der Waals surface area contributed by atoms with Gasteiger partial charge < -0.3 is 14.8 Å². The second-order valence-corrected chi connectivity index (χ2v) is 9.99. The lowest BCUT2D eigenvalue weighted by Gasteiger charge is -2.33. The van der Waals surface area contributed by atoms with Crippen LogP contribution in [0.25, 0.3) is 0 Å². The minimum atomic E-state index is -4.95. The number of hydrogen-bond acceptors (Lipinski definition) is 5. The highest BCUT2D eigenvalue weighted by Crippen LogP contribution is 2.34. The Morgan fingerprint density at radius 1 is 1.03 bits per heavy atom. The molecule has 2 aromatic rings. The Morgan fingerprint density at radius 2 is 1.69 bits per heavy atom. The van der Waals surface area contributed by atoms with Gasteiger partial charge in [-0.2, -0.15) is 17.5 Å². The fourth-order valence-electron chi connectivity index (χ4n) is 4.05. The van der Waals surface area contributed by atoms with Crippen LogP contribution in [0.1, 0.15) is 37.7 Å². The molecule has 1 saturated carbocycles. The van der Waals surface area contributed by atoms with E-state index in [1.165, 1.54) is 32.4 Å². The Morgan fingerprint density at radius 3 is 2.29 bits per heavy atom. The first-order valence-electron chi connectivity index (χ1n) is 10.9. The molecule has 0 unspecified atom stereocenters. The number of ether oxygens (including phenoxy) is 2. The van der Waals surface area contributed by atoms with Gasteiger partial charge in [0, 0.05) is 17.8 Å². The van der Waals surface area contributed by atoms with Crippen LogP contribution >= 0.6 is 0 Å². The van der Waals surface area contributed by atoms with Crippen molar-refractivity contribution in [2.45, 2.75) is 49.2 Å². The van der Waals surface area contributed by atoms with Crippen molar-refractivity contribution in [2.75, 3.05) is 26.1 Å². The molecular formula is C23H26F4N2O5S. The minimum Gasteiger partial charge on any atom is -0.493 e. The summed E-state index contributed by atoms with van der Waals surface area (Å²) >= 11 is 0. The second-order valence-electron chi connectivity index (χ2n) is 8.10. The van der Waals surface area contributed by atoms with Crippen molar-refractivity contribution in [3.05, 3.63) is 47.8 Å². The summed E-state index contributed by atoms with van der Waals surface area (Å²) in [5.41, 5.74) is -1.83. The fourth-order valence-corrected chi connectivity index (χ4v) is 5.71. The Hall–Kier alpha value is -2.86. The van der Waals surface area contributed by atoms with E-state index in [0.717, 1.165) is 29.6 Å². The van der Waals surface area contributed by atoms with E-state index >= 15 is 0 Å². The van der Waals surface area contributed by atoms with Crippen LogP contribution in [0.4, 0.5) is 23.2 Å². The number of sulfonamides is 1. The Kier molecular flexibility index (Phi) is 8.26. The number of methoxy groups -OCH3 is 2. The summed E-state index contributed by atoms with van der Waals surface area (Å²) in [7, 11) is -1.42. The molecule has 2 aromatic carbocycles. The van der Waals surface area contributed by atoms with Gasteiger partial charge in [0.15, 0.2) is 11.5 Å². The van der Waals surface area contributed by atoms with E-state index in [0.29, 0.717) is 30.7 Å². The van der Waals surface area contributed by atoms with Crippen molar-refractivity contribution in [1.82, 2.24) is 4.31 Å². The van der Waals surface area contributed by atoms with E-state index in [1.54, 1.807) is 0 Å². The maximum Gasteiger partial charge on any atom is 0.419 e. The molecule has 0 spiro atoms. The minimum absolute atomic E-state index is 0.116. The van der Waals surface area contributed by atoms with Gasteiger partial charge in [0.2, 0.25) is 15.9 Å². The molecule has 1 amide bonds. The molecule has 0 aliphatic heterocycles. The van der Waals surface area contributed by atoms with Crippen LogP contribution in [-0.2, 0) is 21.0 Å². The van der Waals surface area contributed by atoms with Gasteiger partial charge in [0.05, 0.1) is 31.2 Å². The van der Waals surface area contributed by atoms with Crippen LogP contribution in [0.3, 0.4) is 0 Å². The van der Waals surface area contributed by atoms with Crippen LogP contribution in [-0.4, -0.2) is 45.4 Å². The molecule has 7 nitrogen and oxygen atoms in total. The number of rotatable bonds is 8. The molecule has 12 heteroatoms. The number of nitrogens with zero attached hydrogens (tertiary/aromatic N) is 1. The van der Waals surface area contributed by atoms with Crippen molar-refractivity contribution >= 4 is 21.6 Å². The summed E-state index contributed by atoms with van der Waals surface area (Å²) < 4.78 is 91.2. The lowest BCUT2D eigenvalue weighted by Crippen LogP contribution is -2.45. The number of halogens is 4. The van der Waals surface area contributed by atoms with Gasteiger partial charge >= 0.3 is 6.18 Å². The van der Waals surface area contributed by atoms with E-state index in [-0.39, 0.29) is 16.3 Å². The number of amides is 1. The molecule has 35 heavy (non-hydrogen) atoms. The first kappa shape index (κ1) is 26.7. The zero-order valence-corrected chi connectivity index (χ0v) is 20.0. The quantitative estimate of drug-likeness (QED) is 0.507. The van der Waals surface area contributed by atoms with Crippen molar-refractivity contribution in [3.8, 4) is 11.5 Å². The van der Waals surface area contributed by atoms with E-state index in [9.17, 15) is 30.8 Å². The standard InChI is InChI=1S/C23H26F4N2O5S/c1-33-20-11-9-17(13-21(20)34-2)35(31,32)29(16-6-4-3-5-7-16)14-22(30)28-15-8-10-19(24)18(12-15)23(25,26)27/h8-13,16H,3-7,14H2,1-2H3,(H,28,30). The van der Waals surface area contributed by atoms with Crippen LogP contribution in [0.2, 0.25) is 0 Å². The van der Waals surface area contributed by atoms with Crippen LogP contribution < -0.4 is 14.8 Å². The topological polar surface area (TPSA) is 84.9 Å². The lowest BCUT2D eigenvalue weighted by atomic mass is 9.95. The average molecular weight is 519 g/mol. The summed E-state index contributed by atoms with van der Waals surface area (Å²) in [5, 5.41) is 2.26. The van der Waals surface area contributed by atoms with Gasteiger partial charge in [-0.1, -0.05) is 19.3 Å². The molecule has 3 rings (SSSR count). The van der Waals surface area contributed by atoms with Gasteiger partial charge in [-0.25, -0.2) is 12.8 Å².